The van der Waals surface area contributed by atoms with E-state index in [-0.39, 0.29) is 12.0 Å². The van der Waals surface area contributed by atoms with E-state index in [2.05, 4.69) is 37.5 Å². The monoisotopic (exact) mass is 396 g/mol. The molecule has 1 amide bonds. The first-order chi connectivity index (χ1) is 10.2. The van der Waals surface area contributed by atoms with Crippen LogP contribution in [0.15, 0.2) is 36.9 Å². The lowest BCUT2D eigenvalue weighted by Crippen LogP contribution is -2.56. The summed E-state index contributed by atoms with van der Waals surface area (Å²) < 4.78 is 6.77. The molecule has 3 rings (SSSR count). The average molecular weight is 396 g/mol. The molecule has 0 atom stereocenters. The zero-order valence-electron chi connectivity index (χ0n) is 11.1. The van der Waals surface area contributed by atoms with E-state index < -0.39 is 0 Å². The fourth-order valence-corrected chi connectivity index (χ4v) is 2.33. The highest BCUT2D eigenvalue weighted by atomic mass is 127. The van der Waals surface area contributed by atoms with Crippen LogP contribution in [0, 0.1) is 3.57 Å². The summed E-state index contributed by atoms with van der Waals surface area (Å²) in [6, 6.07) is 5.54. The number of amides is 1. The lowest BCUT2D eigenvalue weighted by molar-refractivity contribution is -0.139. The molecule has 6 nitrogen and oxygen atoms in total. The van der Waals surface area contributed by atoms with Crippen molar-refractivity contribution in [2.75, 3.05) is 13.1 Å². The SMILES string of the molecule is O=C(Cc1ccncn1)N1CC(Oc2ccc(I)cn2)C1. The second kappa shape index (κ2) is 6.33. The summed E-state index contributed by atoms with van der Waals surface area (Å²) in [4.78, 5) is 25.9. The number of ether oxygens (including phenoxy) is 1. The fourth-order valence-electron chi connectivity index (χ4n) is 2.01. The molecule has 0 bridgehead atoms. The average Bonchev–Trinajstić information content (AvgIpc) is 2.45. The number of halogens is 1. The summed E-state index contributed by atoms with van der Waals surface area (Å²) in [5, 5.41) is 0. The molecule has 0 saturated carbocycles. The van der Waals surface area contributed by atoms with Crippen molar-refractivity contribution in [2.24, 2.45) is 0 Å². The van der Waals surface area contributed by atoms with Crippen LogP contribution in [0.5, 0.6) is 5.88 Å². The first-order valence-electron chi connectivity index (χ1n) is 6.51. The molecule has 1 saturated heterocycles. The van der Waals surface area contributed by atoms with Gasteiger partial charge in [0.2, 0.25) is 11.8 Å². The van der Waals surface area contributed by atoms with Gasteiger partial charge in [0.15, 0.2) is 0 Å². The van der Waals surface area contributed by atoms with Crippen LogP contribution >= 0.6 is 22.6 Å². The van der Waals surface area contributed by atoms with Gasteiger partial charge in [-0.1, -0.05) is 0 Å². The molecule has 7 heteroatoms. The van der Waals surface area contributed by atoms with Gasteiger partial charge in [-0.3, -0.25) is 4.79 Å². The smallest absolute Gasteiger partial charge is 0.228 e. The summed E-state index contributed by atoms with van der Waals surface area (Å²) in [6.45, 7) is 1.19. The molecule has 0 spiro atoms. The molecule has 2 aromatic rings. The molecule has 108 valence electrons. The van der Waals surface area contributed by atoms with Gasteiger partial charge in [0.05, 0.1) is 25.2 Å². The van der Waals surface area contributed by atoms with Crippen LogP contribution in [0.1, 0.15) is 5.69 Å². The van der Waals surface area contributed by atoms with E-state index in [1.165, 1.54) is 6.33 Å². The Hall–Kier alpha value is -1.77. The molecular formula is C14H13IN4O2. The van der Waals surface area contributed by atoms with Crippen molar-refractivity contribution in [2.45, 2.75) is 12.5 Å². The van der Waals surface area contributed by atoms with Crippen molar-refractivity contribution in [1.82, 2.24) is 19.9 Å². The summed E-state index contributed by atoms with van der Waals surface area (Å²) >= 11 is 2.19. The van der Waals surface area contributed by atoms with Gasteiger partial charge in [-0.2, -0.15) is 0 Å². The zero-order valence-corrected chi connectivity index (χ0v) is 13.3. The van der Waals surface area contributed by atoms with Crippen molar-refractivity contribution in [3.63, 3.8) is 0 Å². The largest absolute Gasteiger partial charge is 0.471 e. The van der Waals surface area contributed by atoms with E-state index in [1.54, 1.807) is 23.4 Å². The molecule has 0 radical (unpaired) electrons. The summed E-state index contributed by atoms with van der Waals surface area (Å²) in [5.41, 5.74) is 0.735. The van der Waals surface area contributed by atoms with E-state index in [4.69, 9.17) is 4.74 Å². The Morgan fingerprint density at radius 1 is 1.33 bits per heavy atom. The fraction of sp³-hybridized carbons (Fsp3) is 0.286. The Kier molecular flexibility index (Phi) is 4.28. The van der Waals surface area contributed by atoms with Crippen molar-refractivity contribution >= 4 is 28.5 Å². The number of hydrogen-bond donors (Lipinski definition) is 0. The molecule has 1 fully saturated rings. The Morgan fingerprint density at radius 3 is 2.86 bits per heavy atom. The second-order valence-electron chi connectivity index (χ2n) is 4.73. The number of rotatable bonds is 4. The second-order valence-corrected chi connectivity index (χ2v) is 5.98. The molecule has 0 N–H and O–H groups in total. The van der Waals surface area contributed by atoms with E-state index >= 15 is 0 Å². The van der Waals surface area contributed by atoms with Gasteiger partial charge < -0.3 is 9.64 Å². The highest BCUT2D eigenvalue weighted by Gasteiger charge is 2.32. The molecule has 3 heterocycles. The highest BCUT2D eigenvalue weighted by Crippen LogP contribution is 2.17. The van der Waals surface area contributed by atoms with Crippen molar-refractivity contribution < 1.29 is 9.53 Å². The Labute approximate surface area is 135 Å². The van der Waals surface area contributed by atoms with Crippen LogP contribution in [-0.4, -0.2) is 45.0 Å². The first kappa shape index (κ1) is 14.2. The third kappa shape index (κ3) is 3.66. The Morgan fingerprint density at radius 2 is 2.19 bits per heavy atom. The Balaban J connectivity index is 1.47. The molecule has 0 aromatic carbocycles. The number of likely N-dealkylation sites (tertiary alicyclic amines) is 1. The third-order valence-electron chi connectivity index (χ3n) is 3.16. The van der Waals surface area contributed by atoms with Gasteiger partial charge in [-0.15, -0.1) is 0 Å². The number of hydrogen-bond acceptors (Lipinski definition) is 5. The van der Waals surface area contributed by atoms with Crippen LogP contribution in [0.4, 0.5) is 0 Å². The van der Waals surface area contributed by atoms with E-state index in [0.717, 1.165) is 9.26 Å². The number of carbonyl (C=O) groups is 1. The van der Waals surface area contributed by atoms with Crippen molar-refractivity contribution in [3.8, 4) is 5.88 Å². The van der Waals surface area contributed by atoms with E-state index in [1.807, 2.05) is 12.1 Å². The summed E-state index contributed by atoms with van der Waals surface area (Å²) in [5.74, 6) is 0.660. The van der Waals surface area contributed by atoms with Gasteiger partial charge >= 0.3 is 0 Å². The molecule has 21 heavy (non-hydrogen) atoms. The third-order valence-corrected chi connectivity index (χ3v) is 3.80. The van der Waals surface area contributed by atoms with Gasteiger partial charge in [-0.25, -0.2) is 15.0 Å². The van der Waals surface area contributed by atoms with Crippen molar-refractivity contribution in [1.29, 1.82) is 0 Å². The van der Waals surface area contributed by atoms with Gasteiger partial charge in [0.25, 0.3) is 0 Å². The van der Waals surface area contributed by atoms with Crippen LogP contribution in [0.2, 0.25) is 0 Å². The predicted molar refractivity (Wildman–Crippen MR) is 83.7 cm³/mol. The summed E-state index contributed by atoms with van der Waals surface area (Å²) in [7, 11) is 0. The molecule has 0 unspecified atom stereocenters. The molecule has 0 aliphatic carbocycles. The number of nitrogens with zero attached hydrogens (tertiary/aromatic N) is 4. The van der Waals surface area contributed by atoms with E-state index in [9.17, 15) is 4.79 Å². The van der Waals surface area contributed by atoms with Crippen LogP contribution < -0.4 is 4.74 Å². The maximum absolute atomic E-state index is 12.0. The predicted octanol–water partition coefficient (Wildman–Crippen LogP) is 1.31. The van der Waals surface area contributed by atoms with Crippen LogP contribution in [0.3, 0.4) is 0 Å². The van der Waals surface area contributed by atoms with Gasteiger partial charge in [-0.05, 0) is 34.7 Å². The standard InChI is InChI=1S/C14H13IN4O2/c15-10-1-2-13(17-6-10)21-12-7-19(8-12)14(20)5-11-3-4-16-9-18-11/h1-4,6,9,12H,5,7-8H2. The quantitative estimate of drug-likeness (QED) is 0.730. The highest BCUT2D eigenvalue weighted by molar-refractivity contribution is 14.1. The minimum Gasteiger partial charge on any atom is -0.471 e. The minimum absolute atomic E-state index is 0.0203. The van der Waals surface area contributed by atoms with E-state index in [0.29, 0.717) is 25.4 Å². The Bertz CT molecular complexity index is 615. The number of aromatic nitrogens is 3. The lowest BCUT2D eigenvalue weighted by atomic mass is 10.1. The van der Waals surface area contributed by atoms with Crippen molar-refractivity contribution in [3.05, 3.63) is 46.2 Å². The maximum Gasteiger partial charge on any atom is 0.228 e. The maximum atomic E-state index is 12.0. The van der Waals surface area contributed by atoms with Crippen LogP contribution in [-0.2, 0) is 11.2 Å². The molecule has 1 aliphatic rings. The zero-order chi connectivity index (χ0) is 14.7. The summed E-state index contributed by atoms with van der Waals surface area (Å²) in [6.07, 6.45) is 5.17. The van der Waals surface area contributed by atoms with Gasteiger partial charge in [0.1, 0.15) is 12.4 Å². The molecule has 1 aliphatic heterocycles. The van der Waals surface area contributed by atoms with Crippen LogP contribution in [0.25, 0.3) is 0 Å². The number of carbonyl (C=O) groups excluding carboxylic acids is 1. The first-order valence-corrected chi connectivity index (χ1v) is 7.59. The van der Waals surface area contributed by atoms with Gasteiger partial charge in [0, 0.05) is 22.0 Å². The topological polar surface area (TPSA) is 68.2 Å². The molecular weight excluding hydrogens is 383 g/mol. The number of pyridine rings is 1. The normalized spacial score (nSPS) is 14.6. The minimum atomic E-state index is 0.0203. The lowest BCUT2D eigenvalue weighted by Gasteiger charge is -2.38. The molecule has 2 aromatic heterocycles.